The minimum atomic E-state index is -0.831. The molecule has 0 aliphatic carbocycles. The van der Waals surface area contributed by atoms with E-state index >= 15 is 0 Å². The smallest absolute Gasteiger partial charge is 0.227 e. The number of methoxy groups -OCH3 is 2. The van der Waals surface area contributed by atoms with Crippen molar-refractivity contribution < 1.29 is 18.3 Å². The van der Waals surface area contributed by atoms with Crippen molar-refractivity contribution in [1.82, 2.24) is 39.5 Å². The number of alkyl halides is 2. The second kappa shape index (κ2) is 24.0. The Bertz CT molecular complexity index is 2190. The van der Waals surface area contributed by atoms with Gasteiger partial charge in [0.05, 0.1) is 49.5 Å². The van der Waals surface area contributed by atoms with Crippen LogP contribution < -0.4 is 29.9 Å². The normalized spacial score (nSPS) is 18.7. The molecule has 4 aliphatic rings. The van der Waals surface area contributed by atoms with Gasteiger partial charge >= 0.3 is 0 Å². The molecule has 2 aromatic heterocycles. The number of hydrogen-bond donors (Lipinski definition) is 2. The molecule has 0 amide bonds. The van der Waals surface area contributed by atoms with Crippen LogP contribution in [-0.4, -0.2) is 186 Å². The summed E-state index contributed by atoms with van der Waals surface area (Å²) in [6.07, 6.45) is 6.20. The first kappa shape index (κ1) is 48.7. The highest BCUT2D eigenvalue weighted by Gasteiger charge is 2.27. The van der Waals surface area contributed by atoms with E-state index in [-0.39, 0.29) is 0 Å². The topological polar surface area (TPSA) is 114 Å². The van der Waals surface area contributed by atoms with Gasteiger partial charge in [0.25, 0.3) is 0 Å². The lowest BCUT2D eigenvalue weighted by atomic mass is 10.1. The molecular formula is C50H70F2N12O2. The standard InChI is InChI=1S/2C25H35FN6O/c2*1-30(2)15-10-27-24-21-17-23(33-3)19(8-4-5-11-31-12-6-7-13-31)16-22(21)28-25(29-24)32-14-9-20(26)18-32/h2*16-17,20H,5-7,9-15,18H2,1-3H3,(H,27,28,29)/t2*20-/m11/s1. The molecule has 0 unspecified atom stereocenters. The molecule has 4 aliphatic heterocycles. The Morgan fingerprint density at radius 2 is 1.02 bits per heavy atom. The number of halogens is 2. The van der Waals surface area contributed by atoms with E-state index in [4.69, 9.17) is 29.4 Å². The molecule has 4 fully saturated rings. The molecule has 0 bridgehead atoms. The molecule has 6 heterocycles. The summed E-state index contributed by atoms with van der Waals surface area (Å²) >= 11 is 0. The summed E-state index contributed by atoms with van der Waals surface area (Å²) in [5.74, 6) is 17.2. The van der Waals surface area contributed by atoms with Crippen LogP contribution in [0.15, 0.2) is 24.3 Å². The van der Waals surface area contributed by atoms with Crippen LogP contribution in [-0.2, 0) is 0 Å². The van der Waals surface area contributed by atoms with Gasteiger partial charge in [-0.15, -0.1) is 0 Å². The highest BCUT2D eigenvalue weighted by atomic mass is 19.1. The SMILES string of the molecule is COc1cc2c(NCCN(C)C)nc(N3CC[C@@H](F)C3)nc2cc1C#CCCN1CCCC1.COc1cc2c(NCCN(C)C)nc(N3CC[C@@H](F)C3)nc2cc1C#CCCN1CCCC1. The Morgan fingerprint density at radius 3 is 1.36 bits per heavy atom. The van der Waals surface area contributed by atoms with Crippen LogP contribution in [0.1, 0.15) is 62.5 Å². The van der Waals surface area contributed by atoms with Gasteiger partial charge in [0.1, 0.15) is 35.5 Å². The highest BCUT2D eigenvalue weighted by Crippen LogP contribution is 2.33. The molecular weight excluding hydrogens is 839 g/mol. The van der Waals surface area contributed by atoms with Gasteiger partial charge in [-0.1, -0.05) is 23.7 Å². The maximum atomic E-state index is 13.9. The third-order valence-corrected chi connectivity index (χ3v) is 12.5. The van der Waals surface area contributed by atoms with E-state index in [1.807, 2.05) is 62.3 Å². The van der Waals surface area contributed by atoms with Crippen molar-refractivity contribution in [3.05, 3.63) is 35.4 Å². The lowest BCUT2D eigenvalue weighted by Crippen LogP contribution is -2.24. The minimum Gasteiger partial charge on any atom is -0.495 e. The summed E-state index contributed by atoms with van der Waals surface area (Å²) in [4.78, 5) is 32.1. The number of ether oxygens (including phenoxy) is 2. The largest absolute Gasteiger partial charge is 0.495 e. The first-order valence-electron chi connectivity index (χ1n) is 23.8. The number of likely N-dealkylation sites (N-methyl/N-ethyl adjacent to an activating group) is 2. The number of nitrogens with zero attached hydrogens (tertiary/aromatic N) is 10. The van der Waals surface area contributed by atoms with E-state index < -0.39 is 12.3 Å². The number of rotatable bonds is 16. The predicted molar refractivity (Wildman–Crippen MR) is 264 cm³/mol. The molecule has 66 heavy (non-hydrogen) atoms. The summed E-state index contributed by atoms with van der Waals surface area (Å²) in [6.45, 7) is 11.9. The van der Waals surface area contributed by atoms with E-state index in [9.17, 15) is 8.78 Å². The Kier molecular flexibility index (Phi) is 17.7. The maximum Gasteiger partial charge on any atom is 0.227 e. The Balaban J connectivity index is 0.000000196. The van der Waals surface area contributed by atoms with E-state index in [1.165, 1.54) is 51.9 Å². The van der Waals surface area contributed by atoms with Crippen LogP contribution in [0.3, 0.4) is 0 Å². The summed E-state index contributed by atoms with van der Waals surface area (Å²) in [7, 11) is 11.5. The van der Waals surface area contributed by atoms with Crippen molar-refractivity contribution in [2.24, 2.45) is 0 Å². The zero-order valence-corrected chi connectivity index (χ0v) is 40.1. The Hall–Kier alpha value is -5.26. The number of hydrogen-bond acceptors (Lipinski definition) is 14. The Morgan fingerprint density at radius 1 is 0.606 bits per heavy atom. The quantitative estimate of drug-likeness (QED) is 0.128. The van der Waals surface area contributed by atoms with Crippen molar-refractivity contribution in [3.8, 4) is 35.2 Å². The van der Waals surface area contributed by atoms with Gasteiger partial charge in [-0.2, -0.15) is 9.97 Å². The molecule has 0 radical (unpaired) electrons. The number of likely N-dealkylation sites (tertiary alicyclic amines) is 2. The summed E-state index contributed by atoms with van der Waals surface area (Å²) < 4.78 is 39.0. The maximum absolute atomic E-state index is 13.9. The van der Waals surface area contributed by atoms with Crippen molar-refractivity contribution in [2.75, 3.05) is 154 Å². The lowest BCUT2D eigenvalue weighted by molar-refractivity contribution is 0.348. The molecule has 0 spiro atoms. The van der Waals surface area contributed by atoms with Crippen LogP contribution in [0.2, 0.25) is 0 Å². The second-order valence-corrected chi connectivity index (χ2v) is 18.2. The third kappa shape index (κ3) is 13.4. The average molecular weight is 909 g/mol. The van der Waals surface area contributed by atoms with Crippen LogP contribution in [0.4, 0.5) is 32.3 Å². The molecule has 356 valence electrons. The van der Waals surface area contributed by atoms with E-state index in [0.717, 1.165) is 96.7 Å². The van der Waals surface area contributed by atoms with Gasteiger partial charge in [-0.25, -0.2) is 18.7 Å². The van der Waals surface area contributed by atoms with Gasteiger partial charge in [0, 0.05) is 76.0 Å². The van der Waals surface area contributed by atoms with Gasteiger partial charge in [-0.05, 0) is 117 Å². The predicted octanol–water partition coefficient (Wildman–Crippen LogP) is 6.00. The fourth-order valence-electron chi connectivity index (χ4n) is 8.72. The monoisotopic (exact) mass is 909 g/mol. The molecule has 4 saturated heterocycles. The number of benzene rings is 2. The van der Waals surface area contributed by atoms with Crippen molar-refractivity contribution in [1.29, 1.82) is 0 Å². The molecule has 2 atom stereocenters. The minimum absolute atomic E-state index is 0.335. The fraction of sp³-hybridized carbons (Fsp3) is 0.600. The van der Waals surface area contributed by atoms with Gasteiger partial charge in [0.2, 0.25) is 11.9 Å². The molecule has 4 aromatic rings. The van der Waals surface area contributed by atoms with Crippen LogP contribution in [0, 0.1) is 23.7 Å². The molecule has 2 aromatic carbocycles. The zero-order valence-electron chi connectivity index (χ0n) is 40.1. The van der Waals surface area contributed by atoms with Gasteiger partial charge in [0.15, 0.2) is 0 Å². The molecule has 0 saturated carbocycles. The van der Waals surface area contributed by atoms with Crippen LogP contribution >= 0.6 is 0 Å². The third-order valence-electron chi connectivity index (χ3n) is 12.5. The van der Waals surface area contributed by atoms with E-state index in [0.29, 0.717) is 62.4 Å². The Labute approximate surface area is 390 Å². The molecule has 8 rings (SSSR count). The number of nitrogens with one attached hydrogen (secondary N) is 2. The van der Waals surface area contributed by atoms with Crippen molar-refractivity contribution >= 4 is 45.3 Å². The summed E-state index contributed by atoms with van der Waals surface area (Å²) in [5.41, 5.74) is 3.22. The number of aromatic nitrogens is 4. The van der Waals surface area contributed by atoms with Crippen LogP contribution in [0.25, 0.3) is 21.8 Å². The average Bonchev–Trinajstić information content (AvgIpc) is 4.16. The van der Waals surface area contributed by atoms with Gasteiger partial charge in [-0.3, -0.25) is 0 Å². The van der Waals surface area contributed by atoms with E-state index in [2.05, 4.69) is 53.9 Å². The van der Waals surface area contributed by atoms with Gasteiger partial charge < -0.3 is 49.5 Å². The molecule has 2 N–H and O–H groups in total. The first-order valence-corrected chi connectivity index (χ1v) is 23.8. The summed E-state index contributed by atoms with van der Waals surface area (Å²) in [6, 6.07) is 7.87. The van der Waals surface area contributed by atoms with Crippen molar-refractivity contribution in [3.63, 3.8) is 0 Å². The zero-order chi connectivity index (χ0) is 46.4. The van der Waals surface area contributed by atoms with Crippen molar-refractivity contribution in [2.45, 2.75) is 63.7 Å². The lowest BCUT2D eigenvalue weighted by Gasteiger charge is -2.19. The molecule has 14 nitrogen and oxygen atoms in total. The summed E-state index contributed by atoms with van der Waals surface area (Å²) in [5, 5.41) is 8.64. The molecule has 16 heteroatoms. The van der Waals surface area contributed by atoms with Crippen LogP contribution in [0.5, 0.6) is 11.5 Å². The number of anilines is 4. The number of fused-ring (bicyclic) bond motifs is 2. The first-order chi connectivity index (χ1) is 32.1. The second-order valence-electron chi connectivity index (χ2n) is 18.2. The van der Waals surface area contributed by atoms with E-state index in [1.54, 1.807) is 14.2 Å². The fourth-order valence-corrected chi connectivity index (χ4v) is 8.72. The highest BCUT2D eigenvalue weighted by molar-refractivity contribution is 5.94.